The topological polar surface area (TPSA) is 88.1 Å². The van der Waals surface area contributed by atoms with E-state index in [4.69, 9.17) is 0 Å². The molecular weight excluding hydrogens is 579 g/mol. The van der Waals surface area contributed by atoms with Crippen molar-refractivity contribution in [2.75, 3.05) is 17.2 Å². The van der Waals surface area contributed by atoms with Gasteiger partial charge in [0.15, 0.2) is 11.0 Å². The molecule has 1 aliphatic rings. The molecule has 0 radical (unpaired) electrons. The Kier molecular flexibility index (Phi) is 10.3. The maximum absolute atomic E-state index is 12.7. The summed E-state index contributed by atoms with van der Waals surface area (Å²) in [6.07, 6.45) is -3.54. The van der Waals surface area contributed by atoms with Crippen LogP contribution in [0.4, 0.5) is 23.7 Å². The van der Waals surface area contributed by atoms with Gasteiger partial charge in [-0.25, -0.2) is 4.79 Å². The second-order valence-electron chi connectivity index (χ2n) is 10.4. The quantitative estimate of drug-likeness (QED) is 0.245. The number of ketones is 1. The summed E-state index contributed by atoms with van der Waals surface area (Å²) in [5, 5.41) is 3.15. The number of aliphatic imine (C=N–C) groups is 1. The minimum absolute atomic E-state index is 0.112. The molecule has 0 saturated carbocycles. The lowest BCUT2D eigenvalue weighted by Gasteiger charge is -2.22. The maximum atomic E-state index is 12.7. The van der Waals surface area contributed by atoms with Gasteiger partial charge in [0.1, 0.15) is 5.75 Å². The van der Waals surface area contributed by atoms with Gasteiger partial charge in [-0.1, -0.05) is 62.0 Å². The van der Waals surface area contributed by atoms with E-state index in [1.807, 2.05) is 49.4 Å². The number of halogens is 3. The zero-order chi connectivity index (χ0) is 31.1. The van der Waals surface area contributed by atoms with Crippen molar-refractivity contribution in [1.29, 1.82) is 0 Å². The van der Waals surface area contributed by atoms with E-state index >= 15 is 0 Å². The van der Waals surface area contributed by atoms with E-state index in [-0.39, 0.29) is 35.5 Å². The first-order valence-electron chi connectivity index (χ1n) is 13.8. The highest BCUT2D eigenvalue weighted by Crippen LogP contribution is 2.34. The zero-order valence-electron chi connectivity index (χ0n) is 24.0. The fourth-order valence-electron chi connectivity index (χ4n) is 4.57. The van der Waals surface area contributed by atoms with Gasteiger partial charge in [-0.2, -0.15) is 4.99 Å². The number of amidine groups is 1. The average molecular weight is 612 g/mol. The van der Waals surface area contributed by atoms with Gasteiger partial charge in [0.05, 0.1) is 11.4 Å². The van der Waals surface area contributed by atoms with Crippen molar-refractivity contribution in [2.24, 2.45) is 4.99 Å². The van der Waals surface area contributed by atoms with E-state index < -0.39 is 12.4 Å². The van der Waals surface area contributed by atoms with Crippen molar-refractivity contribution < 1.29 is 32.3 Å². The van der Waals surface area contributed by atoms with E-state index in [0.717, 1.165) is 40.1 Å². The maximum Gasteiger partial charge on any atom is 0.573 e. The number of aryl methyl sites for hydroxylation is 2. The SMILES string of the molecule is Cc1ccc(C(C)C)c(N2C(=O)CSC2=NC(=O)NCCc2ccc(CCC(=O)c3ccc(OC(F)(F)F)cc3)cc2)c1. The number of ether oxygens (including phenoxy) is 1. The minimum atomic E-state index is -4.78. The number of carbonyl (C=O) groups is 3. The monoisotopic (exact) mass is 611 g/mol. The Hall–Kier alpha value is -4.12. The summed E-state index contributed by atoms with van der Waals surface area (Å²) in [5.41, 5.74) is 5.01. The van der Waals surface area contributed by atoms with Crippen LogP contribution in [0.15, 0.2) is 71.7 Å². The van der Waals surface area contributed by atoms with Gasteiger partial charge in [0.2, 0.25) is 5.91 Å². The summed E-state index contributed by atoms with van der Waals surface area (Å²) in [4.78, 5) is 43.5. The molecule has 1 heterocycles. The number of amides is 3. The van der Waals surface area contributed by atoms with Crippen LogP contribution in [0.1, 0.15) is 58.8 Å². The van der Waals surface area contributed by atoms with Gasteiger partial charge in [0.25, 0.3) is 0 Å². The van der Waals surface area contributed by atoms with Gasteiger partial charge >= 0.3 is 12.4 Å². The van der Waals surface area contributed by atoms with Gasteiger partial charge in [-0.05, 0) is 78.3 Å². The van der Waals surface area contributed by atoms with Crippen LogP contribution >= 0.6 is 11.8 Å². The first-order chi connectivity index (χ1) is 20.4. The molecule has 0 aromatic heterocycles. The second kappa shape index (κ2) is 13.9. The number of carbonyl (C=O) groups excluding carboxylic acids is 3. The highest BCUT2D eigenvalue weighted by atomic mass is 32.2. The Morgan fingerprint density at radius 2 is 1.65 bits per heavy atom. The molecule has 4 rings (SSSR count). The number of rotatable bonds is 10. The number of anilines is 1. The largest absolute Gasteiger partial charge is 0.573 e. The summed E-state index contributed by atoms with van der Waals surface area (Å²) >= 11 is 1.24. The van der Waals surface area contributed by atoms with Crippen LogP contribution in [-0.2, 0) is 17.6 Å². The number of thioether (sulfide) groups is 1. The van der Waals surface area contributed by atoms with Crippen LogP contribution in [0.25, 0.3) is 0 Å². The van der Waals surface area contributed by atoms with Gasteiger partial charge in [0, 0.05) is 18.5 Å². The first-order valence-corrected chi connectivity index (χ1v) is 14.8. The van der Waals surface area contributed by atoms with Crippen molar-refractivity contribution >= 4 is 40.3 Å². The van der Waals surface area contributed by atoms with Crippen molar-refractivity contribution in [3.05, 3.63) is 94.5 Å². The molecule has 0 aliphatic carbocycles. The normalized spacial score (nSPS) is 14.4. The van der Waals surface area contributed by atoms with Crippen LogP contribution < -0.4 is 15.0 Å². The summed E-state index contributed by atoms with van der Waals surface area (Å²) in [6.45, 7) is 6.42. The molecule has 1 N–H and O–H groups in total. The number of benzene rings is 3. The van der Waals surface area contributed by atoms with E-state index in [9.17, 15) is 27.6 Å². The van der Waals surface area contributed by atoms with Crippen LogP contribution in [0.2, 0.25) is 0 Å². The number of nitrogens with zero attached hydrogens (tertiary/aromatic N) is 2. The number of hydrogen-bond acceptors (Lipinski definition) is 5. The molecular formula is C32H32F3N3O4S. The molecule has 0 atom stereocenters. The molecule has 1 aliphatic heterocycles. The lowest BCUT2D eigenvalue weighted by Crippen LogP contribution is -2.32. The molecule has 11 heteroatoms. The number of alkyl halides is 3. The third-order valence-corrected chi connectivity index (χ3v) is 7.70. The molecule has 0 unspecified atom stereocenters. The Morgan fingerprint density at radius 3 is 2.28 bits per heavy atom. The van der Waals surface area contributed by atoms with Crippen molar-refractivity contribution in [1.82, 2.24) is 5.32 Å². The van der Waals surface area contributed by atoms with Gasteiger partial charge in [-0.3, -0.25) is 14.5 Å². The van der Waals surface area contributed by atoms with Crippen LogP contribution in [0.5, 0.6) is 5.75 Å². The highest BCUT2D eigenvalue weighted by molar-refractivity contribution is 8.15. The third kappa shape index (κ3) is 8.93. The van der Waals surface area contributed by atoms with Crippen molar-refractivity contribution in [3.8, 4) is 5.75 Å². The number of hydrogen-bond donors (Lipinski definition) is 1. The zero-order valence-corrected chi connectivity index (χ0v) is 24.8. The Labute approximate surface area is 252 Å². The molecule has 1 saturated heterocycles. The summed E-state index contributed by atoms with van der Waals surface area (Å²) in [6, 6.07) is 17.9. The fourth-order valence-corrected chi connectivity index (χ4v) is 5.43. The molecule has 3 aromatic carbocycles. The standard InChI is InChI=1S/C32H32F3N3O4S/c1-20(2)26-14-4-21(3)18-27(26)38-29(40)19-43-31(38)37-30(41)36-17-16-23-7-5-22(6-8-23)9-15-28(39)24-10-12-25(13-11-24)42-32(33,34)35/h4-8,10-14,18,20H,9,15-17,19H2,1-3H3,(H,36,41). The lowest BCUT2D eigenvalue weighted by atomic mass is 9.99. The molecule has 43 heavy (non-hydrogen) atoms. The third-order valence-electron chi connectivity index (χ3n) is 6.77. The highest BCUT2D eigenvalue weighted by Gasteiger charge is 2.33. The van der Waals surface area contributed by atoms with Crippen molar-refractivity contribution in [2.45, 2.75) is 52.3 Å². The minimum Gasteiger partial charge on any atom is -0.406 e. The Bertz CT molecular complexity index is 1500. The van der Waals surface area contributed by atoms with Crippen LogP contribution in [0.3, 0.4) is 0 Å². The fraction of sp³-hybridized carbons (Fsp3) is 0.312. The van der Waals surface area contributed by atoms with E-state index in [0.29, 0.717) is 30.1 Å². The Balaban J connectivity index is 1.27. The summed E-state index contributed by atoms with van der Waals surface area (Å²) in [5.74, 6) is -0.257. The van der Waals surface area contributed by atoms with Gasteiger partial charge < -0.3 is 10.1 Å². The van der Waals surface area contributed by atoms with Crippen LogP contribution in [0, 0.1) is 6.92 Å². The van der Waals surface area contributed by atoms with E-state index in [1.165, 1.54) is 28.8 Å². The summed E-state index contributed by atoms with van der Waals surface area (Å²) < 4.78 is 40.8. The molecule has 0 bridgehead atoms. The number of nitrogens with one attached hydrogen (secondary N) is 1. The lowest BCUT2D eigenvalue weighted by molar-refractivity contribution is -0.274. The van der Waals surface area contributed by atoms with E-state index in [1.54, 1.807) is 0 Å². The van der Waals surface area contributed by atoms with Gasteiger partial charge in [-0.15, -0.1) is 13.2 Å². The molecule has 0 spiro atoms. The molecule has 226 valence electrons. The molecule has 7 nitrogen and oxygen atoms in total. The average Bonchev–Trinajstić information content (AvgIpc) is 3.30. The number of urea groups is 1. The first kappa shape index (κ1) is 31.8. The molecule has 3 aromatic rings. The predicted octanol–water partition coefficient (Wildman–Crippen LogP) is 7.22. The van der Waals surface area contributed by atoms with Crippen molar-refractivity contribution in [3.63, 3.8) is 0 Å². The van der Waals surface area contributed by atoms with Crippen LogP contribution in [-0.4, -0.2) is 41.5 Å². The molecule has 1 fully saturated rings. The summed E-state index contributed by atoms with van der Waals surface area (Å²) in [7, 11) is 0. The molecule has 3 amide bonds. The van der Waals surface area contributed by atoms with E-state index in [2.05, 4.69) is 28.9 Å². The Morgan fingerprint density at radius 1 is 1.00 bits per heavy atom. The second-order valence-corrected chi connectivity index (χ2v) is 11.4. The smallest absolute Gasteiger partial charge is 0.406 e. The predicted molar refractivity (Wildman–Crippen MR) is 162 cm³/mol. The number of Topliss-reactive ketones (excluding diaryl/α,β-unsaturated/α-hetero) is 1.